The van der Waals surface area contributed by atoms with Crippen molar-refractivity contribution >= 4 is 33.0 Å². The predicted octanol–water partition coefficient (Wildman–Crippen LogP) is 5.11. The summed E-state index contributed by atoms with van der Waals surface area (Å²) < 4.78 is 37.7. The van der Waals surface area contributed by atoms with Crippen molar-refractivity contribution in [1.29, 1.82) is 0 Å². The van der Waals surface area contributed by atoms with Gasteiger partial charge in [-0.25, -0.2) is 4.98 Å². The second-order valence-electron chi connectivity index (χ2n) is 7.67. The quantitative estimate of drug-likeness (QED) is 0.287. The molecule has 0 saturated heterocycles. The van der Waals surface area contributed by atoms with Crippen molar-refractivity contribution in [2.75, 3.05) is 12.4 Å². The van der Waals surface area contributed by atoms with Crippen molar-refractivity contribution in [3.63, 3.8) is 0 Å². The highest BCUT2D eigenvalue weighted by molar-refractivity contribution is 7.86. The second kappa shape index (κ2) is 11.5. The molecule has 0 radical (unpaired) electrons. The maximum absolute atomic E-state index is 12.6. The van der Waals surface area contributed by atoms with Crippen molar-refractivity contribution < 1.29 is 22.5 Å². The van der Waals surface area contributed by atoms with Crippen LogP contribution >= 0.6 is 11.3 Å². The van der Waals surface area contributed by atoms with Gasteiger partial charge in [0.05, 0.1) is 17.9 Å². The number of carbonyl (C=O) groups excluding carboxylic acids is 1. The van der Waals surface area contributed by atoms with Crippen molar-refractivity contribution in [1.82, 2.24) is 4.98 Å². The Balaban J connectivity index is 1.72. The summed E-state index contributed by atoms with van der Waals surface area (Å²) in [7, 11) is -2.84. The Morgan fingerprint density at radius 2 is 1.85 bits per heavy atom. The topological polar surface area (TPSA) is 106 Å². The van der Waals surface area contributed by atoms with Crippen LogP contribution in [0.5, 0.6) is 0 Å². The van der Waals surface area contributed by atoms with Crippen LogP contribution in [0.3, 0.4) is 0 Å². The predicted molar refractivity (Wildman–Crippen MR) is 130 cm³/mol. The standard InChI is InChI=1S/C24H28N2O5S2/c1-3-4-5-9-20-21(32-23(26-20)16-31-2)15-17-11-13-18(14-12-17)25-24(27)19-8-6-7-10-22(19)33(28,29)30/h6-8,10-14H,3-5,9,15-16H2,1-2H3,(H,25,27)(H,28,29,30). The van der Waals surface area contributed by atoms with Gasteiger partial charge in [-0.2, -0.15) is 8.42 Å². The molecule has 1 amide bonds. The first-order valence-corrected chi connectivity index (χ1v) is 13.0. The zero-order valence-electron chi connectivity index (χ0n) is 18.7. The third-order valence-electron chi connectivity index (χ3n) is 5.09. The molecule has 9 heteroatoms. The van der Waals surface area contributed by atoms with Gasteiger partial charge in [-0.1, -0.05) is 44.0 Å². The van der Waals surface area contributed by atoms with Gasteiger partial charge in [-0.05, 0) is 42.7 Å². The smallest absolute Gasteiger partial charge is 0.295 e. The molecule has 0 saturated carbocycles. The molecule has 7 nitrogen and oxygen atoms in total. The number of benzene rings is 2. The first-order chi connectivity index (χ1) is 15.8. The van der Waals surface area contributed by atoms with E-state index in [0.29, 0.717) is 12.3 Å². The Hall–Kier alpha value is -2.59. The first kappa shape index (κ1) is 25.0. The Morgan fingerprint density at radius 3 is 2.52 bits per heavy atom. The number of hydrogen-bond donors (Lipinski definition) is 2. The van der Waals surface area contributed by atoms with E-state index in [1.807, 2.05) is 12.1 Å². The van der Waals surface area contributed by atoms with Crippen LogP contribution < -0.4 is 5.32 Å². The summed E-state index contributed by atoms with van der Waals surface area (Å²) in [5.41, 5.74) is 2.62. The molecule has 2 aromatic carbocycles. The first-order valence-electron chi connectivity index (χ1n) is 10.7. The number of unbranched alkanes of at least 4 members (excludes halogenated alkanes) is 2. The molecule has 2 N–H and O–H groups in total. The number of hydrogen-bond acceptors (Lipinski definition) is 6. The van der Waals surface area contributed by atoms with Crippen LogP contribution in [0.15, 0.2) is 53.4 Å². The van der Waals surface area contributed by atoms with E-state index in [1.54, 1.807) is 30.6 Å². The van der Waals surface area contributed by atoms with Crippen molar-refractivity contribution in [2.24, 2.45) is 0 Å². The van der Waals surface area contributed by atoms with Gasteiger partial charge in [-0.15, -0.1) is 11.3 Å². The molecule has 0 aliphatic heterocycles. The van der Waals surface area contributed by atoms with Gasteiger partial charge < -0.3 is 10.1 Å². The number of aryl methyl sites for hydroxylation is 1. The summed E-state index contributed by atoms with van der Waals surface area (Å²) in [6.45, 7) is 2.68. The molecule has 33 heavy (non-hydrogen) atoms. The average Bonchev–Trinajstić information content (AvgIpc) is 3.16. The van der Waals surface area contributed by atoms with Crippen LogP contribution in [0.2, 0.25) is 0 Å². The minimum atomic E-state index is -4.50. The van der Waals surface area contributed by atoms with Crippen LogP contribution in [0.1, 0.15) is 57.7 Å². The normalized spacial score (nSPS) is 11.5. The molecular formula is C24H28N2O5S2. The van der Waals surface area contributed by atoms with E-state index in [0.717, 1.165) is 41.9 Å². The molecule has 0 spiro atoms. The third kappa shape index (κ3) is 6.94. The lowest BCUT2D eigenvalue weighted by atomic mass is 10.1. The highest BCUT2D eigenvalue weighted by Crippen LogP contribution is 2.25. The molecule has 3 rings (SSSR count). The molecule has 0 unspecified atom stereocenters. The second-order valence-corrected chi connectivity index (χ2v) is 10.2. The number of amides is 1. The highest BCUT2D eigenvalue weighted by atomic mass is 32.2. The van der Waals surface area contributed by atoms with Gasteiger partial charge in [0.15, 0.2) is 0 Å². The molecular weight excluding hydrogens is 460 g/mol. The van der Waals surface area contributed by atoms with E-state index < -0.39 is 20.9 Å². The van der Waals surface area contributed by atoms with Crippen molar-refractivity contribution in [3.8, 4) is 0 Å². The number of nitrogens with one attached hydrogen (secondary N) is 1. The lowest BCUT2D eigenvalue weighted by molar-refractivity contribution is 0.102. The van der Waals surface area contributed by atoms with Gasteiger partial charge >= 0.3 is 0 Å². The molecule has 0 fully saturated rings. The summed E-state index contributed by atoms with van der Waals surface area (Å²) in [6, 6.07) is 12.9. The summed E-state index contributed by atoms with van der Waals surface area (Å²) in [5.74, 6) is -0.610. The van der Waals surface area contributed by atoms with E-state index in [4.69, 9.17) is 9.72 Å². The zero-order valence-corrected chi connectivity index (χ0v) is 20.3. The number of thiazole rings is 1. The fourth-order valence-electron chi connectivity index (χ4n) is 3.47. The minimum Gasteiger partial charge on any atom is -0.378 e. The van der Waals surface area contributed by atoms with Gasteiger partial charge in [0.1, 0.15) is 9.90 Å². The molecule has 0 aliphatic carbocycles. The number of carbonyl (C=O) groups is 1. The van der Waals surface area contributed by atoms with Crippen molar-refractivity contribution in [2.45, 2.75) is 50.5 Å². The van der Waals surface area contributed by atoms with Crippen LogP contribution in [0, 0.1) is 0 Å². The molecule has 1 aromatic heterocycles. The van der Waals surface area contributed by atoms with E-state index in [9.17, 15) is 17.8 Å². The fourth-order valence-corrected chi connectivity index (χ4v) is 5.28. The number of anilines is 1. The number of rotatable bonds is 11. The fraction of sp³-hybridized carbons (Fsp3) is 0.333. The van der Waals surface area contributed by atoms with E-state index >= 15 is 0 Å². The molecule has 176 valence electrons. The maximum atomic E-state index is 12.6. The molecule has 0 bridgehead atoms. The molecule has 1 heterocycles. The number of aromatic nitrogens is 1. The van der Waals surface area contributed by atoms with Gasteiger partial charge in [0.2, 0.25) is 0 Å². The monoisotopic (exact) mass is 488 g/mol. The Bertz CT molecular complexity index is 1190. The van der Waals surface area contributed by atoms with Crippen LogP contribution in [-0.2, 0) is 34.3 Å². The van der Waals surface area contributed by atoms with Crippen molar-refractivity contribution in [3.05, 3.63) is 75.2 Å². The molecule has 3 aromatic rings. The third-order valence-corrected chi connectivity index (χ3v) is 7.08. The van der Waals surface area contributed by atoms with Gasteiger partial charge in [0, 0.05) is 24.1 Å². The maximum Gasteiger partial charge on any atom is 0.295 e. The number of methoxy groups -OCH3 is 1. The Kier molecular flexibility index (Phi) is 8.74. The average molecular weight is 489 g/mol. The SMILES string of the molecule is CCCCCc1nc(COC)sc1Cc1ccc(NC(=O)c2ccccc2S(=O)(=O)O)cc1. The van der Waals surface area contributed by atoms with Crippen LogP contribution in [0.4, 0.5) is 5.69 Å². The summed E-state index contributed by atoms with van der Waals surface area (Å²) >= 11 is 1.67. The largest absolute Gasteiger partial charge is 0.378 e. The van der Waals surface area contributed by atoms with E-state index in [2.05, 4.69) is 12.2 Å². The Morgan fingerprint density at radius 1 is 1.12 bits per heavy atom. The van der Waals surface area contributed by atoms with Crippen LogP contribution in [-0.4, -0.2) is 31.0 Å². The summed E-state index contributed by atoms with van der Waals surface area (Å²) in [5, 5.41) is 3.66. The lowest BCUT2D eigenvalue weighted by Crippen LogP contribution is -2.16. The summed E-state index contributed by atoms with van der Waals surface area (Å²) in [4.78, 5) is 18.1. The molecule has 0 aliphatic rings. The molecule has 0 atom stereocenters. The van der Waals surface area contributed by atoms with Gasteiger partial charge in [0.25, 0.3) is 16.0 Å². The number of nitrogens with zero attached hydrogens (tertiary/aromatic N) is 1. The summed E-state index contributed by atoms with van der Waals surface area (Å²) in [6.07, 6.45) is 5.13. The minimum absolute atomic E-state index is 0.115. The zero-order chi connectivity index (χ0) is 23.8. The van der Waals surface area contributed by atoms with Crippen LogP contribution in [0.25, 0.3) is 0 Å². The Labute approximate surface area is 198 Å². The van der Waals surface area contributed by atoms with Gasteiger partial charge in [-0.3, -0.25) is 9.35 Å². The lowest BCUT2D eigenvalue weighted by Gasteiger charge is -2.09. The number of ether oxygens (including phenoxy) is 1. The highest BCUT2D eigenvalue weighted by Gasteiger charge is 2.20. The van der Waals surface area contributed by atoms with E-state index in [1.165, 1.54) is 35.6 Å². The van der Waals surface area contributed by atoms with E-state index in [-0.39, 0.29) is 5.56 Å².